The molecule has 0 bridgehead atoms. The maximum Gasteiger partial charge on any atom is 0.252 e. The lowest BCUT2D eigenvalue weighted by Gasteiger charge is -2.18. The zero-order chi connectivity index (χ0) is 13.9. The Hall–Kier alpha value is -0.720. The highest BCUT2D eigenvalue weighted by molar-refractivity contribution is 7.89. The lowest BCUT2D eigenvalue weighted by molar-refractivity contribution is 0.126. The van der Waals surface area contributed by atoms with Gasteiger partial charge in [0.1, 0.15) is 0 Å². The molecule has 3 nitrogen and oxygen atoms in total. The Balaban J connectivity index is 3.20. The van der Waals surface area contributed by atoms with E-state index >= 15 is 0 Å². The number of sulfonamides is 1. The summed E-state index contributed by atoms with van der Waals surface area (Å²) in [6.45, 7) is 0.785. The largest absolute Gasteiger partial charge is 0.252 e. The molecule has 1 aromatic carbocycles. The van der Waals surface area contributed by atoms with E-state index in [-0.39, 0.29) is 10.8 Å². The van der Waals surface area contributed by atoms with Gasteiger partial charge in [0.05, 0.1) is 11.4 Å². The Morgan fingerprint density at radius 3 is 2.50 bits per heavy atom. The molecule has 0 fully saturated rings. The van der Waals surface area contributed by atoms with Crippen LogP contribution in [0, 0.1) is 6.92 Å². The molecule has 0 unspecified atom stereocenters. The summed E-state index contributed by atoms with van der Waals surface area (Å²) in [7, 11) is -2.77. The SMILES string of the molecule is Cc1c(CCl)cccc1S(=O)(=O)N(C)CC(F)F. The molecule has 0 radical (unpaired) electrons. The van der Waals surface area contributed by atoms with E-state index in [1.54, 1.807) is 19.1 Å². The molecule has 0 amide bonds. The van der Waals surface area contributed by atoms with Crippen molar-refractivity contribution in [1.29, 1.82) is 0 Å². The van der Waals surface area contributed by atoms with Gasteiger partial charge in [-0.15, -0.1) is 11.6 Å². The van der Waals surface area contributed by atoms with Gasteiger partial charge in [-0.2, -0.15) is 4.31 Å². The van der Waals surface area contributed by atoms with E-state index in [1.165, 1.54) is 6.07 Å². The quantitative estimate of drug-likeness (QED) is 0.784. The number of halogens is 3. The topological polar surface area (TPSA) is 37.4 Å². The molecule has 7 heteroatoms. The second-order valence-electron chi connectivity index (χ2n) is 3.85. The predicted octanol–water partition coefficient (Wildman–Crippen LogP) is 2.62. The monoisotopic (exact) mass is 297 g/mol. The minimum absolute atomic E-state index is 0.0174. The van der Waals surface area contributed by atoms with Gasteiger partial charge in [-0.1, -0.05) is 12.1 Å². The maximum atomic E-state index is 12.3. The van der Waals surface area contributed by atoms with Gasteiger partial charge in [0.2, 0.25) is 10.0 Å². The highest BCUT2D eigenvalue weighted by atomic mass is 35.5. The first-order chi connectivity index (χ1) is 8.30. The average molecular weight is 298 g/mol. The van der Waals surface area contributed by atoms with Crippen LogP contribution in [0.4, 0.5) is 8.78 Å². The highest BCUT2D eigenvalue weighted by Gasteiger charge is 2.25. The minimum atomic E-state index is -3.90. The lowest BCUT2D eigenvalue weighted by Crippen LogP contribution is -2.31. The Bertz CT molecular complexity index is 520. The van der Waals surface area contributed by atoms with Crippen molar-refractivity contribution in [2.75, 3.05) is 13.6 Å². The third-order valence-electron chi connectivity index (χ3n) is 2.62. The number of hydrogen-bond acceptors (Lipinski definition) is 2. The van der Waals surface area contributed by atoms with Crippen molar-refractivity contribution in [3.8, 4) is 0 Å². The molecule has 0 heterocycles. The second-order valence-corrected chi connectivity index (χ2v) is 6.13. The highest BCUT2D eigenvalue weighted by Crippen LogP contribution is 2.23. The Labute approximate surface area is 110 Å². The van der Waals surface area contributed by atoms with Crippen molar-refractivity contribution in [2.45, 2.75) is 24.1 Å². The summed E-state index contributed by atoms with van der Waals surface area (Å²) in [5.41, 5.74) is 1.16. The summed E-state index contributed by atoms with van der Waals surface area (Å²) in [6, 6.07) is 4.64. The normalized spacial score (nSPS) is 12.4. The minimum Gasteiger partial charge on any atom is -0.209 e. The predicted molar refractivity (Wildman–Crippen MR) is 66.6 cm³/mol. The summed E-state index contributed by atoms with van der Waals surface area (Å²) in [5.74, 6) is 0.174. The summed E-state index contributed by atoms with van der Waals surface area (Å²) >= 11 is 5.69. The Morgan fingerprint density at radius 1 is 1.39 bits per heavy atom. The van der Waals surface area contributed by atoms with Crippen molar-refractivity contribution in [2.24, 2.45) is 0 Å². The van der Waals surface area contributed by atoms with Crippen LogP contribution in [0.3, 0.4) is 0 Å². The van der Waals surface area contributed by atoms with Crippen LogP contribution in [-0.2, 0) is 15.9 Å². The smallest absolute Gasteiger partial charge is 0.209 e. The van der Waals surface area contributed by atoms with E-state index in [4.69, 9.17) is 11.6 Å². The van der Waals surface area contributed by atoms with Gasteiger partial charge in [-0.25, -0.2) is 17.2 Å². The molecule has 0 aromatic heterocycles. The first-order valence-corrected chi connectivity index (χ1v) is 7.17. The van der Waals surface area contributed by atoms with Gasteiger partial charge in [0.15, 0.2) is 0 Å². The fourth-order valence-electron chi connectivity index (χ4n) is 1.54. The van der Waals surface area contributed by atoms with E-state index < -0.39 is 23.0 Å². The maximum absolute atomic E-state index is 12.3. The molecule has 0 aliphatic carbocycles. The average Bonchev–Trinajstić information content (AvgIpc) is 2.28. The van der Waals surface area contributed by atoms with Gasteiger partial charge in [0, 0.05) is 12.9 Å². The van der Waals surface area contributed by atoms with Crippen LogP contribution >= 0.6 is 11.6 Å². The van der Waals surface area contributed by atoms with Crippen LogP contribution in [0.15, 0.2) is 23.1 Å². The van der Waals surface area contributed by atoms with Crippen molar-refractivity contribution in [3.63, 3.8) is 0 Å². The molecular formula is C11H14ClF2NO2S. The van der Waals surface area contributed by atoms with Crippen LogP contribution in [0.25, 0.3) is 0 Å². The standard InChI is InChI=1S/C11H14ClF2NO2S/c1-8-9(6-12)4-3-5-10(8)18(16,17)15(2)7-11(13)14/h3-5,11H,6-7H2,1-2H3. The summed E-state index contributed by atoms with van der Waals surface area (Å²) in [6.07, 6.45) is -2.71. The first-order valence-electron chi connectivity index (χ1n) is 5.19. The third kappa shape index (κ3) is 3.18. The number of rotatable bonds is 5. The number of hydrogen-bond donors (Lipinski definition) is 0. The van der Waals surface area contributed by atoms with Crippen LogP contribution in [-0.4, -0.2) is 32.7 Å². The Kier molecular flexibility index (Phi) is 5.07. The molecule has 0 saturated heterocycles. The molecule has 0 aliphatic heterocycles. The van der Waals surface area contributed by atoms with E-state index in [2.05, 4.69) is 0 Å². The summed E-state index contributed by atoms with van der Waals surface area (Å²) in [4.78, 5) is 0.0174. The van der Waals surface area contributed by atoms with Gasteiger partial charge in [-0.3, -0.25) is 0 Å². The van der Waals surface area contributed by atoms with Gasteiger partial charge in [-0.05, 0) is 24.1 Å². The molecular weight excluding hydrogens is 284 g/mol. The Morgan fingerprint density at radius 2 is 2.00 bits per heavy atom. The lowest BCUT2D eigenvalue weighted by atomic mass is 10.1. The van der Waals surface area contributed by atoms with E-state index in [0.717, 1.165) is 7.05 Å². The number of benzene rings is 1. The van der Waals surface area contributed by atoms with Crippen LogP contribution < -0.4 is 0 Å². The van der Waals surface area contributed by atoms with Crippen LogP contribution in [0.2, 0.25) is 0 Å². The molecule has 0 aliphatic rings. The molecule has 102 valence electrons. The molecule has 18 heavy (non-hydrogen) atoms. The van der Waals surface area contributed by atoms with Crippen molar-refractivity contribution in [3.05, 3.63) is 29.3 Å². The zero-order valence-electron chi connectivity index (χ0n) is 10.0. The van der Waals surface area contributed by atoms with E-state index in [1.807, 2.05) is 0 Å². The van der Waals surface area contributed by atoms with E-state index in [0.29, 0.717) is 15.4 Å². The van der Waals surface area contributed by atoms with Crippen molar-refractivity contribution in [1.82, 2.24) is 4.31 Å². The summed E-state index contributed by atoms with van der Waals surface area (Å²) < 4.78 is 49.4. The molecule has 1 aromatic rings. The van der Waals surface area contributed by atoms with Gasteiger partial charge in [0.25, 0.3) is 6.43 Å². The molecule has 0 atom stereocenters. The fraction of sp³-hybridized carbons (Fsp3) is 0.455. The second kappa shape index (κ2) is 5.95. The van der Waals surface area contributed by atoms with Gasteiger partial charge < -0.3 is 0 Å². The van der Waals surface area contributed by atoms with Gasteiger partial charge >= 0.3 is 0 Å². The first kappa shape index (κ1) is 15.3. The molecule has 0 saturated carbocycles. The summed E-state index contributed by atoms with van der Waals surface area (Å²) in [5, 5.41) is 0. The number of nitrogens with zero attached hydrogens (tertiary/aromatic N) is 1. The zero-order valence-corrected chi connectivity index (χ0v) is 11.6. The van der Waals surface area contributed by atoms with E-state index in [9.17, 15) is 17.2 Å². The third-order valence-corrected chi connectivity index (χ3v) is 4.88. The van der Waals surface area contributed by atoms with Crippen molar-refractivity contribution >= 4 is 21.6 Å². The molecule has 0 spiro atoms. The number of alkyl halides is 3. The molecule has 0 N–H and O–H groups in total. The van der Waals surface area contributed by atoms with Crippen LogP contribution in [0.1, 0.15) is 11.1 Å². The molecule has 1 rings (SSSR count). The van der Waals surface area contributed by atoms with Crippen molar-refractivity contribution < 1.29 is 17.2 Å². The van der Waals surface area contributed by atoms with Crippen LogP contribution in [0.5, 0.6) is 0 Å². The fourth-order valence-corrected chi connectivity index (χ4v) is 3.25.